The number of rotatable bonds is 3. The lowest BCUT2D eigenvalue weighted by atomic mass is 10.1. The molecule has 0 aliphatic carbocycles. The largest absolute Gasteiger partial charge is 0.333 e. The summed E-state index contributed by atoms with van der Waals surface area (Å²) in [6.45, 7) is 4.17. The van der Waals surface area contributed by atoms with E-state index in [1.807, 2.05) is 18.2 Å². The van der Waals surface area contributed by atoms with E-state index in [1.54, 1.807) is 6.07 Å². The molecule has 0 amide bonds. The smallest absolute Gasteiger partial charge is 0.258 e. The molecule has 5 nitrogen and oxygen atoms in total. The average molecular weight is 336 g/mol. The van der Waals surface area contributed by atoms with Crippen LogP contribution in [0.4, 0.5) is 0 Å². The van der Waals surface area contributed by atoms with Gasteiger partial charge < -0.3 is 9.97 Å². The van der Waals surface area contributed by atoms with Gasteiger partial charge in [-0.3, -0.25) is 4.79 Å². The van der Waals surface area contributed by atoms with E-state index in [9.17, 15) is 4.79 Å². The molecule has 2 N–H and O–H groups in total. The number of para-hydroxylation sites is 1. The second-order valence-corrected chi connectivity index (χ2v) is 6.78. The van der Waals surface area contributed by atoms with Gasteiger partial charge in [0.1, 0.15) is 5.82 Å². The maximum absolute atomic E-state index is 12.1. The Morgan fingerprint density at radius 2 is 1.79 bits per heavy atom. The lowest BCUT2D eigenvalue weighted by Crippen LogP contribution is -2.11. The number of hydrogen-bond acceptors (Lipinski definition) is 4. The summed E-state index contributed by atoms with van der Waals surface area (Å²) in [5.74, 6) is 1.20. The van der Waals surface area contributed by atoms with Crippen molar-refractivity contribution in [3.05, 3.63) is 63.7 Å². The molecule has 24 heavy (non-hydrogen) atoms. The van der Waals surface area contributed by atoms with Crippen LogP contribution in [0.5, 0.6) is 0 Å². The minimum absolute atomic E-state index is 0.105. The first-order valence-corrected chi connectivity index (χ1v) is 8.66. The number of aryl methyl sites for hydroxylation is 2. The van der Waals surface area contributed by atoms with Crippen LogP contribution in [-0.4, -0.2) is 19.9 Å². The second-order valence-electron chi connectivity index (χ2n) is 5.81. The van der Waals surface area contributed by atoms with Gasteiger partial charge in [-0.25, -0.2) is 9.97 Å². The van der Waals surface area contributed by atoms with Crippen molar-refractivity contribution < 1.29 is 0 Å². The summed E-state index contributed by atoms with van der Waals surface area (Å²) < 4.78 is 0. The van der Waals surface area contributed by atoms with E-state index >= 15 is 0 Å². The monoisotopic (exact) mass is 336 g/mol. The third-order valence-electron chi connectivity index (χ3n) is 4.08. The first-order chi connectivity index (χ1) is 11.6. The van der Waals surface area contributed by atoms with Gasteiger partial charge in [0, 0.05) is 0 Å². The van der Waals surface area contributed by atoms with Gasteiger partial charge in [-0.1, -0.05) is 23.9 Å². The van der Waals surface area contributed by atoms with E-state index in [2.05, 4.69) is 45.9 Å². The number of aromatic nitrogens is 4. The molecule has 2 aromatic carbocycles. The van der Waals surface area contributed by atoms with Gasteiger partial charge >= 0.3 is 0 Å². The molecule has 0 bridgehead atoms. The van der Waals surface area contributed by atoms with Crippen molar-refractivity contribution in [2.75, 3.05) is 0 Å². The zero-order valence-electron chi connectivity index (χ0n) is 13.4. The summed E-state index contributed by atoms with van der Waals surface area (Å²) in [5, 5.41) is 1.44. The molecule has 2 heterocycles. The highest BCUT2D eigenvalue weighted by Crippen LogP contribution is 2.24. The van der Waals surface area contributed by atoms with Crippen molar-refractivity contribution >= 4 is 33.7 Å². The molecule has 0 unspecified atom stereocenters. The van der Waals surface area contributed by atoms with Gasteiger partial charge in [0.15, 0.2) is 5.16 Å². The van der Waals surface area contributed by atoms with Crippen LogP contribution in [-0.2, 0) is 5.75 Å². The molecular formula is C18H16N4OS. The summed E-state index contributed by atoms with van der Waals surface area (Å²) in [5.41, 5.74) is 5.06. The molecule has 0 saturated heterocycles. The number of nitrogens with zero attached hydrogens (tertiary/aromatic N) is 2. The fourth-order valence-corrected chi connectivity index (χ4v) is 3.41. The highest BCUT2D eigenvalue weighted by Gasteiger charge is 2.08. The topological polar surface area (TPSA) is 74.4 Å². The summed E-state index contributed by atoms with van der Waals surface area (Å²) in [4.78, 5) is 27.4. The number of H-pyrrole nitrogens is 2. The van der Waals surface area contributed by atoms with Crippen molar-refractivity contribution in [1.29, 1.82) is 0 Å². The van der Waals surface area contributed by atoms with Crippen molar-refractivity contribution in [2.45, 2.75) is 24.8 Å². The Kier molecular flexibility index (Phi) is 3.61. The normalized spacial score (nSPS) is 11.4. The maximum atomic E-state index is 12.1. The summed E-state index contributed by atoms with van der Waals surface area (Å²) in [6, 6.07) is 11.6. The molecule has 0 aliphatic rings. The molecule has 6 heteroatoms. The molecular weight excluding hydrogens is 320 g/mol. The predicted octanol–water partition coefficient (Wildman–Crippen LogP) is 3.71. The van der Waals surface area contributed by atoms with E-state index in [0.29, 0.717) is 22.5 Å². The number of aromatic amines is 2. The van der Waals surface area contributed by atoms with E-state index in [1.165, 1.54) is 22.9 Å². The van der Waals surface area contributed by atoms with Crippen LogP contribution in [0, 0.1) is 13.8 Å². The maximum Gasteiger partial charge on any atom is 0.258 e. The number of nitrogens with one attached hydrogen (secondary N) is 2. The van der Waals surface area contributed by atoms with Crippen molar-refractivity contribution in [1.82, 2.24) is 19.9 Å². The Bertz CT molecular complexity index is 1070. The van der Waals surface area contributed by atoms with Crippen LogP contribution >= 0.6 is 11.8 Å². The van der Waals surface area contributed by atoms with Crippen molar-refractivity contribution in [2.24, 2.45) is 0 Å². The number of benzene rings is 2. The Morgan fingerprint density at radius 1 is 1.00 bits per heavy atom. The van der Waals surface area contributed by atoms with Crippen LogP contribution in [0.2, 0.25) is 0 Å². The molecule has 4 aromatic rings. The van der Waals surface area contributed by atoms with Gasteiger partial charge in [0.2, 0.25) is 0 Å². The van der Waals surface area contributed by atoms with Crippen LogP contribution < -0.4 is 5.56 Å². The Balaban J connectivity index is 1.62. The molecule has 0 spiro atoms. The predicted molar refractivity (Wildman–Crippen MR) is 97.5 cm³/mol. The highest BCUT2D eigenvalue weighted by atomic mass is 32.2. The molecule has 0 atom stereocenters. The third-order valence-corrected chi connectivity index (χ3v) is 4.97. The minimum atomic E-state index is -0.105. The number of hydrogen-bond donors (Lipinski definition) is 2. The summed E-state index contributed by atoms with van der Waals surface area (Å²) >= 11 is 1.53. The Morgan fingerprint density at radius 3 is 2.67 bits per heavy atom. The van der Waals surface area contributed by atoms with Crippen LogP contribution in [0.1, 0.15) is 17.0 Å². The summed E-state index contributed by atoms with van der Waals surface area (Å²) in [7, 11) is 0. The molecule has 2 aromatic heterocycles. The van der Waals surface area contributed by atoms with Gasteiger partial charge in [0.05, 0.1) is 27.7 Å². The first-order valence-electron chi connectivity index (χ1n) is 7.68. The van der Waals surface area contributed by atoms with E-state index in [0.717, 1.165) is 16.2 Å². The molecule has 0 aliphatic heterocycles. The highest BCUT2D eigenvalue weighted by molar-refractivity contribution is 7.98. The van der Waals surface area contributed by atoms with Crippen LogP contribution in [0.3, 0.4) is 0 Å². The number of imidazole rings is 1. The van der Waals surface area contributed by atoms with E-state index < -0.39 is 0 Å². The lowest BCUT2D eigenvalue weighted by Gasteiger charge is -2.01. The lowest BCUT2D eigenvalue weighted by molar-refractivity contribution is 1.02. The standard InChI is InChI=1S/C18H16N4OS/c1-10-7-14-15(8-11(10)2)21-18(20-14)24-9-16-19-13-6-4-3-5-12(13)17(23)22-16/h3-8H,9H2,1-2H3,(H,20,21)(H,19,22,23). The SMILES string of the molecule is Cc1cc2nc(SCc3nc4ccccc4c(=O)[nH]3)[nH]c2cc1C. The zero-order chi connectivity index (χ0) is 16.7. The summed E-state index contributed by atoms with van der Waals surface area (Å²) in [6.07, 6.45) is 0. The van der Waals surface area contributed by atoms with Gasteiger partial charge in [0.25, 0.3) is 5.56 Å². The Labute approximate surface area is 142 Å². The molecule has 0 radical (unpaired) electrons. The van der Waals surface area contributed by atoms with E-state index in [-0.39, 0.29) is 5.56 Å². The zero-order valence-corrected chi connectivity index (χ0v) is 14.2. The molecule has 0 saturated carbocycles. The van der Waals surface area contributed by atoms with Crippen molar-refractivity contribution in [3.63, 3.8) is 0 Å². The van der Waals surface area contributed by atoms with Gasteiger partial charge in [-0.05, 0) is 49.2 Å². The Hall–Kier alpha value is -2.60. The van der Waals surface area contributed by atoms with Gasteiger partial charge in [-0.2, -0.15) is 0 Å². The average Bonchev–Trinajstić information content (AvgIpc) is 2.95. The second kappa shape index (κ2) is 5.79. The molecule has 120 valence electrons. The third kappa shape index (κ3) is 2.69. The fourth-order valence-electron chi connectivity index (χ4n) is 2.65. The van der Waals surface area contributed by atoms with Gasteiger partial charge in [-0.15, -0.1) is 0 Å². The van der Waals surface area contributed by atoms with Crippen molar-refractivity contribution in [3.8, 4) is 0 Å². The molecule has 4 rings (SSSR count). The number of fused-ring (bicyclic) bond motifs is 2. The van der Waals surface area contributed by atoms with E-state index in [4.69, 9.17) is 0 Å². The quantitative estimate of drug-likeness (QED) is 0.559. The fraction of sp³-hybridized carbons (Fsp3) is 0.167. The van der Waals surface area contributed by atoms with Crippen LogP contribution in [0.15, 0.2) is 46.3 Å². The van der Waals surface area contributed by atoms with Crippen LogP contribution in [0.25, 0.3) is 21.9 Å². The number of thioether (sulfide) groups is 1. The minimum Gasteiger partial charge on any atom is -0.333 e. The first kappa shape index (κ1) is 15.0. The molecule has 0 fully saturated rings.